The number of rotatable bonds is 5. The predicted molar refractivity (Wildman–Crippen MR) is 90.1 cm³/mol. The summed E-state index contributed by atoms with van der Waals surface area (Å²) in [4.78, 5) is 18.5. The molecule has 3 rings (SSSR count). The second-order valence-electron chi connectivity index (χ2n) is 6.12. The lowest BCUT2D eigenvalue weighted by Gasteiger charge is -2.29. The molecule has 23 heavy (non-hydrogen) atoms. The topological polar surface area (TPSA) is 65.5 Å². The summed E-state index contributed by atoms with van der Waals surface area (Å²) in [5.41, 5.74) is 2.15. The van der Waals surface area contributed by atoms with E-state index in [4.69, 9.17) is 0 Å². The van der Waals surface area contributed by atoms with E-state index >= 15 is 0 Å². The summed E-state index contributed by atoms with van der Waals surface area (Å²) < 4.78 is 0. The monoisotopic (exact) mass is 313 g/mol. The number of pyridine rings is 1. The van der Waals surface area contributed by atoms with Gasteiger partial charge in [0.1, 0.15) is 0 Å². The molecular weight excluding hydrogens is 290 g/mol. The average molecular weight is 313 g/mol. The number of aliphatic hydroxyl groups excluding tert-OH is 1. The van der Waals surface area contributed by atoms with E-state index in [9.17, 15) is 9.90 Å². The lowest BCUT2D eigenvalue weighted by atomic mass is 10.1. The highest BCUT2D eigenvalue weighted by Crippen LogP contribution is 2.16. The third kappa shape index (κ3) is 4.27. The van der Waals surface area contributed by atoms with Crippen molar-refractivity contribution in [1.82, 2.24) is 15.2 Å². The Morgan fingerprint density at radius 2 is 2.22 bits per heavy atom. The summed E-state index contributed by atoms with van der Waals surface area (Å²) in [6.07, 6.45) is 4.07. The number of aromatic nitrogens is 1. The van der Waals surface area contributed by atoms with Crippen LogP contribution in [0.1, 0.15) is 18.4 Å². The van der Waals surface area contributed by atoms with E-state index in [-0.39, 0.29) is 12.0 Å². The number of benzene rings is 1. The number of carbonyl (C=O) groups excluding carboxylic acids is 1. The predicted octanol–water partition coefficient (Wildman–Crippen LogP) is 1.35. The number of nitrogens with zero attached hydrogens (tertiary/aromatic N) is 2. The lowest BCUT2D eigenvalue weighted by Crippen LogP contribution is -2.44. The smallest absolute Gasteiger partial charge is 0.234 e. The number of hydrogen-bond acceptors (Lipinski definition) is 4. The minimum Gasteiger partial charge on any atom is -0.392 e. The van der Waals surface area contributed by atoms with Crippen LogP contribution in [0.15, 0.2) is 36.5 Å². The standard InChI is InChI=1S/C18H23N3O2/c22-16-7-3-11-21(12-16)13-17(23)19-10-8-15-5-1-4-14-6-2-9-20-18(14)15/h1-2,4-6,9,16,22H,3,7-8,10-13H2,(H,19,23). The SMILES string of the molecule is O=C(CN1CCCC(O)C1)NCCc1cccc2cccnc12. The minimum absolute atomic E-state index is 0.0206. The Morgan fingerprint density at radius 1 is 1.35 bits per heavy atom. The Labute approximate surface area is 136 Å². The fourth-order valence-electron chi connectivity index (χ4n) is 3.14. The van der Waals surface area contributed by atoms with Crippen LogP contribution in [0.5, 0.6) is 0 Å². The quantitative estimate of drug-likeness (QED) is 0.874. The van der Waals surface area contributed by atoms with Crippen LogP contribution in [0.4, 0.5) is 0 Å². The molecule has 0 saturated carbocycles. The van der Waals surface area contributed by atoms with Crippen molar-refractivity contribution in [2.24, 2.45) is 0 Å². The van der Waals surface area contributed by atoms with Gasteiger partial charge in [0.15, 0.2) is 0 Å². The van der Waals surface area contributed by atoms with Gasteiger partial charge in [0, 0.05) is 24.7 Å². The first kappa shape index (κ1) is 15.9. The highest BCUT2D eigenvalue weighted by atomic mass is 16.3. The van der Waals surface area contributed by atoms with Gasteiger partial charge in [0.2, 0.25) is 5.91 Å². The second-order valence-corrected chi connectivity index (χ2v) is 6.12. The molecule has 0 bridgehead atoms. The number of hydrogen-bond donors (Lipinski definition) is 2. The van der Waals surface area contributed by atoms with E-state index in [1.165, 1.54) is 0 Å². The summed E-state index contributed by atoms with van der Waals surface area (Å²) in [5, 5.41) is 13.7. The van der Waals surface area contributed by atoms with Crippen LogP contribution in [0.2, 0.25) is 0 Å². The fourth-order valence-corrected chi connectivity index (χ4v) is 3.14. The Morgan fingerprint density at radius 3 is 3.09 bits per heavy atom. The molecule has 5 nitrogen and oxygen atoms in total. The molecule has 5 heteroatoms. The normalized spacial score (nSPS) is 18.9. The Balaban J connectivity index is 1.49. The molecule has 0 aliphatic carbocycles. The Hall–Kier alpha value is -1.98. The summed E-state index contributed by atoms with van der Waals surface area (Å²) >= 11 is 0. The molecule has 1 aromatic carbocycles. The molecule has 0 spiro atoms. The van der Waals surface area contributed by atoms with Crippen LogP contribution in [0.3, 0.4) is 0 Å². The first-order valence-electron chi connectivity index (χ1n) is 8.22. The largest absolute Gasteiger partial charge is 0.392 e. The molecule has 2 N–H and O–H groups in total. The van der Waals surface area contributed by atoms with Crippen molar-refractivity contribution in [3.8, 4) is 0 Å². The summed E-state index contributed by atoms with van der Waals surface area (Å²) in [6.45, 7) is 2.45. The van der Waals surface area contributed by atoms with Gasteiger partial charge >= 0.3 is 0 Å². The highest BCUT2D eigenvalue weighted by Gasteiger charge is 2.19. The molecule has 1 unspecified atom stereocenters. The Bertz CT molecular complexity index is 669. The van der Waals surface area contributed by atoms with Crippen molar-refractivity contribution in [2.45, 2.75) is 25.4 Å². The summed E-state index contributed by atoms with van der Waals surface area (Å²) in [7, 11) is 0. The molecule has 1 amide bonds. The van der Waals surface area contributed by atoms with Crippen molar-refractivity contribution in [2.75, 3.05) is 26.2 Å². The van der Waals surface area contributed by atoms with Crippen LogP contribution >= 0.6 is 0 Å². The van der Waals surface area contributed by atoms with Gasteiger partial charge in [-0.2, -0.15) is 0 Å². The van der Waals surface area contributed by atoms with Crippen molar-refractivity contribution < 1.29 is 9.90 Å². The number of β-amino-alcohol motifs (C(OH)–C–C–N with tert-alkyl or cyclic N) is 1. The maximum absolute atomic E-state index is 12.0. The summed E-state index contributed by atoms with van der Waals surface area (Å²) in [6, 6.07) is 10.1. The van der Waals surface area contributed by atoms with E-state index in [2.05, 4.69) is 16.4 Å². The molecule has 1 fully saturated rings. The zero-order chi connectivity index (χ0) is 16.1. The molecule has 122 valence electrons. The molecule has 1 aliphatic heterocycles. The Kier molecular flexibility index (Phi) is 5.20. The van der Waals surface area contributed by atoms with Crippen LogP contribution in [-0.2, 0) is 11.2 Å². The lowest BCUT2D eigenvalue weighted by molar-refractivity contribution is -0.122. The van der Waals surface area contributed by atoms with Crippen molar-refractivity contribution in [3.63, 3.8) is 0 Å². The molecule has 0 radical (unpaired) electrons. The third-order valence-electron chi connectivity index (χ3n) is 4.28. The van der Waals surface area contributed by atoms with Gasteiger partial charge in [-0.25, -0.2) is 0 Å². The first-order chi connectivity index (χ1) is 11.2. The fraction of sp³-hybridized carbons (Fsp3) is 0.444. The van der Waals surface area contributed by atoms with Gasteiger partial charge in [-0.05, 0) is 37.4 Å². The van der Waals surface area contributed by atoms with Gasteiger partial charge < -0.3 is 10.4 Å². The van der Waals surface area contributed by atoms with Gasteiger partial charge in [0.25, 0.3) is 0 Å². The van der Waals surface area contributed by atoms with Crippen LogP contribution in [0, 0.1) is 0 Å². The van der Waals surface area contributed by atoms with Crippen molar-refractivity contribution in [3.05, 3.63) is 42.1 Å². The van der Waals surface area contributed by atoms with Crippen LogP contribution in [-0.4, -0.2) is 53.2 Å². The number of fused-ring (bicyclic) bond motifs is 1. The molecular formula is C18H23N3O2. The minimum atomic E-state index is -0.293. The maximum Gasteiger partial charge on any atom is 0.234 e. The summed E-state index contributed by atoms with van der Waals surface area (Å²) in [5.74, 6) is 0.0206. The number of carbonyl (C=O) groups is 1. The van der Waals surface area contributed by atoms with Crippen LogP contribution < -0.4 is 5.32 Å². The van der Waals surface area contributed by atoms with E-state index < -0.39 is 0 Å². The van der Waals surface area contributed by atoms with E-state index in [1.807, 2.05) is 29.2 Å². The van der Waals surface area contributed by atoms with E-state index in [0.29, 0.717) is 19.6 Å². The number of amides is 1. The van der Waals surface area contributed by atoms with Crippen molar-refractivity contribution >= 4 is 16.8 Å². The number of aliphatic hydroxyl groups is 1. The molecule has 2 aromatic rings. The second kappa shape index (κ2) is 7.53. The molecule has 1 atom stereocenters. The number of piperidine rings is 1. The molecule has 2 heterocycles. The third-order valence-corrected chi connectivity index (χ3v) is 4.28. The zero-order valence-electron chi connectivity index (χ0n) is 13.2. The average Bonchev–Trinajstić information content (AvgIpc) is 2.55. The van der Waals surface area contributed by atoms with Gasteiger partial charge in [-0.1, -0.05) is 24.3 Å². The maximum atomic E-state index is 12.0. The molecule has 1 aliphatic rings. The van der Waals surface area contributed by atoms with Crippen molar-refractivity contribution in [1.29, 1.82) is 0 Å². The van der Waals surface area contributed by atoms with E-state index in [1.54, 1.807) is 6.20 Å². The highest BCUT2D eigenvalue weighted by molar-refractivity contribution is 5.81. The van der Waals surface area contributed by atoms with Crippen LogP contribution in [0.25, 0.3) is 10.9 Å². The number of para-hydroxylation sites is 1. The molecule has 1 saturated heterocycles. The van der Waals surface area contributed by atoms with E-state index in [0.717, 1.165) is 42.3 Å². The van der Waals surface area contributed by atoms with Gasteiger partial charge in [-0.15, -0.1) is 0 Å². The first-order valence-corrected chi connectivity index (χ1v) is 8.22. The zero-order valence-corrected chi connectivity index (χ0v) is 13.2. The number of nitrogens with one attached hydrogen (secondary N) is 1. The number of likely N-dealkylation sites (tertiary alicyclic amines) is 1. The van der Waals surface area contributed by atoms with Gasteiger partial charge in [0.05, 0.1) is 18.2 Å². The molecule has 1 aromatic heterocycles. The van der Waals surface area contributed by atoms with Gasteiger partial charge in [-0.3, -0.25) is 14.7 Å².